The average Bonchev–Trinajstić information content (AvgIpc) is 3.77. The van der Waals surface area contributed by atoms with Gasteiger partial charge in [-0.3, -0.25) is 0 Å². The summed E-state index contributed by atoms with van der Waals surface area (Å²) in [6.07, 6.45) is 0. The Morgan fingerprint density at radius 2 is 0.980 bits per heavy atom. The van der Waals surface area contributed by atoms with Crippen LogP contribution in [0, 0.1) is 0 Å². The van der Waals surface area contributed by atoms with E-state index >= 15 is 0 Å². The number of aromatic nitrogens is 2. The summed E-state index contributed by atoms with van der Waals surface area (Å²) < 4.78 is 12.6. The van der Waals surface area contributed by atoms with E-state index in [1.165, 1.54) is 62.5 Å². The molecule has 5 heterocycles. The maximum Gasteiger partial charge on any atom is 0.227 e. The molecule has 0 aliphatic carbocycles. The van der Waals surface area contributed by atoms with Crippen molar-refractivity contribution < 1.29 is 8.83 Å². The molecule has 234 valence electrons. The van der Waals surface area contributed by atoms with E-state index in [-0.39, 0.29) is 0 Å². The molecule has 49 heavy (non-hydrogen) atoms. The molecule has 0 radical (unpaired) electrons. The molecule has 0 atom stereocenters. The zero-order valence-corrected chi connectivity index (χ0v) is 29.2. The minimum absolute atomic E-state index is 0.633. The van der Waals surface area contributed by atoms with E-state index < -0.39 is 0 Å². The van der Waals surface area contributed by atoms with Gasteiger partial charge in [-0.05, 0) is 83.6 Å². The van der Waals surface area contributed by atoms with Crippen LogP contribution in [0.3, 0.4) is 0 Å². The van der Waals surface area contributed by atoms with Crippen molar-refractivity contribution in [3.63, 3.8) is 0 Å². The van der Waals surface area contributed by atoms with E-state index in [0.717, 1.165) is 39.1 Å². The molecule has 0 amide bonds. The molecule has 6 aromatic carbocycles. The maximum atomic E-state index is 6.31. The van der Waals surface area contributed by atoms with Crippen LogP contribution in [-0.2, 0) is 0 Å². The Morgan fingerprint density at radius 1 is 0.551 bits per heavy atom. The van der Waals surface area contributed by atoms with Crippen molar-refractivity contribution in [3.8, 4) is 34.0 Å². The number of anilines is 3. The highest BCUT2D eigenvalue weighted by atomic mass is 32.2. The van der Waals surface area contributed by atoms with Gasteiger partial charge in [0.05, 0.1) is 17.1 Å². The number of fused-ring (bicyclic) bond motifs is 2. The van der Waals surface area contributed by atoms with Gasteiger partial charge in [0.25, 0.3) is 0 Å². The highest BCUT2D eigenvalue weighted by Gasteiger charge is 2.40. The van der Waals surface area contributed by atoms with Gasteiger partial charge in [0.1, 0.15) is 11.0 Å². The molecular weight excluding hydrogens is 683 g/mol. The molecule has 0 saturated carbocycles. The Balaban J connectivity index is 1.15. The Labute approximate surface area is 298 Å². The molecule has 0 bridgehead atoms. The Kier molecular flexibility index (Phi) is 6.20. The number of hydrogen-bond acceptors (Lipinski definition) is 9. The minimum Gasteiger partial charge on any atom is -0.436 e. The third-order valence-electron chi connectivity index (χ3n) is 9.03. The molecule has 0 unspecified atom stereocenters. The number of oxazole rings is 2. The fourth-order valence-corrected chi connectivity index (χ4v) is 11.6. The third-order valence-corrected chi connectivity index (χ3v) is 13.2. The average molecular weight is 706 g/mol. The predicted molar refractivity (Wildman–Crippen MR) is 201 cm³/mol. The monoisotopic (exact) mass is 705 g/mol. The van der Waals surface area contributed by atoms with E-state index in [2.05, 4.69) is 72.5 Å². The van der Waals surface area contributed by atoms with Crippen molar-refractivity contribution in [2.45, 2.75) is 41.2 Å². The van der Waals surface area contributed by atoms with Gasteiger partial charge in [0.2, 0.25) is 11.8 Å². The van der Waals surface area contributed by atoms with Crippen LogP contribution in [0.4, 0.5) is 17.1 Å². The largest absolute Gasteiger partial charge is 0.436 e. The molecule has 9 heteroatoms. The fraction of sp³-hybridized carbons (Fsp3) is 0.0500. The molecule has 0 saturated heterocycles. The van der Waals surface area contributed by atoms with Crippen molar-refractivity contribution in [1.29, 1.82) is 0 Å². The van der Waals surface area contributed by atoms with Gasteiger partial charge in [-0.15, -0.1) is 11.8 Å². The smallest absolute Gasteiger partial charge is 0.227 e. The summed E-state index contributed by atoms with van der Waals surface area (Å²) in [6, 6.07) is 38.4. The fourth-order valence-electron chi connectivity index (χ4n) is 6.95. The molecule has 5 nitrogen and oxygen atoms in total. The number of nitrogens with zero attached hydrogens (tertiary/aromatic N) is 3. The first-order valence-electron chi connectivity index (χ1n) is 16.0. The highest BCUT2D eigenvalue weighted by molar-refractivity contribution is 8.02. The molecule has 3 aliphatic rings. The standard InChI is InChI=1S/C40H23N3O2S4/c1-2-46-29-14-8-3-9-24(29)21-15-30-36-31(16-21)48-33-18-23(40-42-26-11-5-7-13-28(26)45-40)20-35-38(33)43(36)37-32(47-30)17-22(19-34(37)49-35)39-41-25-10-4-6-12-27(25)44-39/h3-20H,2H2,1H3. The minimum atomic E-state index is 0.633. The van der Waals surface area contributed by atoms with Crippen molar-refractivity contribution in [2.24, 2.45) is 0 Å². The normalized spacial score (nSPS) is 13.7. The molecule has 11 rings (SSSR count). The molecular formula is C40H23N3O2S4. The summed E-state index contributed by atoms with van der Waals surface area (Å²) in [5.41, 5.74) is 11.4. The van der Waals surface area contributed by atoms with Gasteiger partial charge in [0.15, 0.2) is 11.2 Å². The molecule has 0 spiro atoms. The van der Waals surface area contributed by atoms with E-state index in [1.54, 1.807) is 11.8 Å². The van der Waals surface area contributed by atoms with E-state index in [0.29, 0.717) is 11.8 Å². The summed E-state index contributed by atoms with van der Waals surface area (Å²) in [6.45, 7) is 2.21. The van der Waals surface area contributed by atoms with Crippen LogP contribution in [0.1, 0.15) is 6.92 Å². The van der Waals surface area contributed by atoms with Crippen LogP contribution in [0.2, 0.25) is 0 Å². The predicted octanol–water partition coefficient (Wildman–Crippen LogP) is 12.9. The van der Waals surface area contributed by atoms with Crippen LogP contribution in [0.25, 0.3) is 56.2 Å². The quantitative estimate of drug-likeness (QED) is 0.163. The van der Waals surface area contributed by atoms with Crippen molar-refractivity contribution >= 4 is 86.3 Å². The number of thioether (sulfide) groups is 1. The number of para-hydroxylation sites is 4. The second kappa shape index (κ2) is 10.7. The van der Waals surface area contributed by atoms with Crippen molar-refractivity contribution in [1.82, 2.24) is 9.97 Å². The van der Waals surface area contributed by atoms with Gasteiger partial charge in [-0.1, -0.05) is 84.7 Å². The van der Waals surface area contributed by atoms with E-state index in [9.17, 15) is 0 Å². The van der Waals surface area contributed by atoms with Gasteiger partial charge in [-0.2, -0.15) is 0 Å². The van der Waals surface area contributed by atoms with Crippen LogP contribution in [0.15, 0.2) is 152 Å². The SMILES string of the molecule is CCSc1ccccc1-c1cc2c3c(c1)Sc1cc(-c4nc5ccccc5o4)cc4c1N3c1c(cc(-c3nc5ccccc5o3)cc1S2)S4. The summed E-state index contributed by atoms with van der Waals surface area (Å²) in [5, 5.41) is 0. The van der Waals surface area contributed by atoms with Crippen LogP contribution >= 0.6 is 47.0 Å². The summed E-state index contributed by atoms with van der Waals surface area (Å²) in [7, 11) is 0. The van der Waals surface area contributed by atoms with E-state index in [4.69, 9.17) is 18.8 Å². The number of hydrogen-bond donors (Lipinski definition) is 0. The first-order valence-corrected chi connectivity index (χ1v) is 19.4. The maximum absolute atomic E-state index is 6.31. The zero-order chi connectivity index (χ0) is 32.2. The molecule has 2 aromatic heterocycles. The summed E-state index contributed by atoms with van der Waals surface area (Å²) in [5.74, 6) is 2.29. The highest BCUT2D eigenvalue weighted by Crippen LogP contribution is 2.67. The molecule has 8 aromatic rings. The first kappa shape index (κ1) is 28.3. The summed E-state index contributed by atoms with van der Waals surface area (Å²) in [4.78, 5) is 20.8. The molecule has 0 N–H and O–H groups in total. The van der Waals surface area contributed by atoms with Gasteiger partial charge >= 0.3 is 0 Å². The Bertz CT molecular complexity index is 2480. The lowest BCUT2D eigenvalue weighted by Gasteiger charge is -2.43. The van der Waals surface area contributed by atoms with Gasteiger partial charge in [0, 0.05) is 45.4 Å². The van der Waals surface area contributed by atoms with E-state index in [1.807, 2.05) is 83.8 Å². The van der Waals surface area contributed by atoms with Crippen LogP contribution in [0.5, 0.6) is 0 Å². The van der Waals surface area contributed by atoms with Crippen molar-refractivity contribution in [3.05, 3.63) is 109 Å². The van der Waals surface area contributed by atoms with Crippen LogP contribution < -0.4 is 4.90 Å². The molecule has 0 fully saturated rings. The van der Waals surface area contributed by atoms with Gasteiger partial charge in [-0.25, -0.2) is 9.97 Å². The topological polar surface area (TPSA) is 55.3 Å². The number of rotatable bonds is 5. The Morgan fingerprint density at radius 3 is 1.45 bits per heavy atom. The number of benzene rings is 6. The first-order chi connectivity index (χ1) is 24.2. The molecule has 3 aliphatic heterocycles. The Hall–Kier alpha value is -4.54. The van der Waals surface area contributed by atoms with Crippen LogP contribution in [-0.4, -0.2) is 15.7 Å². The summed E-state index contributed by atoms with van der Waals surface area (Å²) >= 11 is 7.37. The zero-order valence-electron chi connectivity index (χ0n) is 25.9. The lowest BCUT2D eigenvalue weighted by atomic mass is 10.0. The third kappa shape index (κ3) is 4.32. The second-order valence-electron chi connectivity index (χ2n) is 12.0. The van der Waals surface area contributed by atoms with Gasteiger partial charge < -0.3 is 13.7 Å². The van der Waals surface area contributed by atoms with Crippen molar-refractivity contribution in [2.75, 3.05) is 10.7 Å². The lowest BCUT2D eigenvalue weighted by molar-refractivity contribution is 0.619. The lowest BCUT2D eigenvalue weighted by Crippen LogP contribution is -2.23. The second-order valence-corrected chi connectivity index (χ2v) is 16.6.